The molecule has 1 N–H and O–H groups in total. The molecule has 0 saturated carbocycles. The van der Waals surface area contributed by atoms with Crippen molar-refractivity contribution in [3.63, 3.8) is 0 Å². The molecule has 0 aliphatic carbocycles. The largest absolute Gasteiger partial charge is 0.369 e. The number of nitrogens with one attached hydrogen (secondary N) is 1. The van der Waals surface area contributed by atoms with Crippen LogP contribution in [0.15, 0.2) is 53.9 Å². The summed E-state index contributed by atoms with van der Waals surface area (Å²) < 4.78 is 26.8. The van der Waals surface area contributed by atoms with Gasteiger partial charge in [-0.3, -0.25) is 4.79 Å². The van der Waals surface area contributed by atoms with Crippen LogP contribution >= 0.6 is 0 Å². The third kappa shape index (κ3) is 6.05. The number of carbonyl (C=O) groups excluding carboxylic acids is 1. The first-order valence-electron chi connectivity index (χ1n) is 11.9. The second-order valence-electron chi connectivity index (χ2n) is 9.21. The van der Waals surface area contributed by atoms with E-state index >= 15 is 0 Å². The van der Waals surface area contributed by atoms with Crippen molar-refractivity contribution in [2.75, 3.05) is 56.5 Å². The van der Waals surface area contributed by atoms with Crippen LogP contribution < -0.4 is 10.2 Å². The number of amides is 1. The molecule has 182 valence electrons. The lowest BCUT2D eigenvalue weighted by Gasteiger charge is -2.34. The van der Waals surface area contributed by atoms with Gasteiger partial charge in [0.1, 0.15) is 0 Å². The number of aryl methyl sites for hydroxylation is 1. The number of piperidine rings is 1. The van der Waals surface area contributed by atoms with Gasteiger partial charge in [-0.25, -0.2) is 8.42 Å². The quantitative estimate of drug-likeness (QED) is 0.683. The van der Waals surface area contributed by atoms with Gasteiger partial charge in [-0.1, -0.05) is 30.3 Å². The Kier molecular flexibility index (Phi) is 7.70. The van der Waals surface area contributed by atoms with E-state index in [4.69, 9.17) is 0 Å². The summed E-state index contributed by atoms with van der Waals surface area (Å²) in [4.78, 5) is 17.6. The van der Waals surface area contributed by atoms with Crippen LogP contribution in [0.25, 0.3) is 6.08 Å². The number of nitrogens with zero attached hydrogens (tertiary/aromatic N) is 3. The predicted molar refractivity (Wildman–Crippen MR) is 138 cm³/mol. The number of rotatable bonds is 6. The summed E-state index contributed by atoms with van der Waals surface area (Å²) in [7, 11) is -1.36. The molecule has 0 unspecified atom stereocenters. The summed E-state index contributed by atoms with van der Waals surface area (Å²) in [5, 5.41) is 4.33. The topological polar surface area (TPSA) is 73.0 Å². The Morgan fingerprint density at radius 3 is 2.29 bits per heavy atom. The number of anilines is 2. The number of benzene rings is 2. The zero-order valence-electron chi connectivity index (χ0n) is 20.0. The molecule has 2 saturated heterocycles. The van der Waals surface area contributed by atoms with E-state index in [0.717, 1.165) is 43.0 Å². The standard InChI is InChI=1S/C26H34N4O3S/c1-21-20-24(29-17-15-28(2)16-18-29)8-9-25(21)27-26(31)23-10-13-30(14-11-23)34(32,33)19-12-22-6-4-3-5-7-22/h3-9,12,19-20,23H,10-11,13-18H2,1-2H3,(H,27,31)/b19-12+. The minimum atomic E-state index is -3.50. The Balaban J connectivity index is 1.31. The van der Waals surface area contributed by atoms with Crippen molar-refractivity contribution in [3.05, 3.63) is 65.1 Å². The minimum Gasteiger partial charge on any atom is -0.369 e. The molecule has 2 heterocycles. The van der Waals surface area contributed by atoms with Crippen molar-refractivity contribution < 1.29 is 13.2 Å². The lowest BCUT2D eigenvalue weighted by molar-refractivity contribution is -0.120. The molecule has 2 aromatic carbocycles. The Bertz CT molecular complexity index is 1120. The number of sulfonamides is 1. The van der Waals surface area contributed by atoms with E-state index in [1.807, 2.05) is 43.3 Å². The van der Waals surface area contributed by atoms with Crippen LogP contribution in [-0.2, 0) is 14.8 Å². The van der Waals surface area contributed by atoms with Gasteiger partial charge in [0, 0.05) is 62.0 Å². The molecule has 0 bridgehead atoms. The minimum absolute atomic E-state index is 0.0349. The molecule has 0 aromatic heterocycles. The monoisotopic (exact) mass is 482 g/mol. The second kappa shape index (κ2) is 10.7. The second-order valence-corrected chi connectivity index (χ2v) is 11.0. The average molecular weight is 483 g/mol. The molecular formula is C26H34N4O3S. The fourth-order valence-corrected chi connectivity index (χ4v) is 5.69. The van der Waals surface area contributed by atoms with E-state index < -0.39 is 10.0 Å². The lowest BCUT2D eigenvalue weighted by Crippen LogP contribution is -2.44. The average Bonchev–Trinajstić information content (AvgIpc) is 2.85. The molecular weight excluding hydrogens is 448 g/mol. The first-order chi connectivity index (χ1) is 16.3. The van der Waals surface area contributed by atoms with Gasteiger partial charge in [0.05, 0.1) is 0 Å². The van der Waals surface area contributed by atoms with Crippen LogP contribution in [0.5, 0.6) is 0 Å². The van der Waals surface area contributed by atoms with Gasteiger partial charge >= 0.3 is 0 Å². The van der Waals surface area contributed by atoms with Crippen LogP contribution in [0.1, 0.15) is 24.0 Å². The number of hydrogen-bond acceptors (Lipinski definition) is 5. The summed E-state index contributed by atoms with van der Waals surface area (Å²) in [5.41, 5.74) is 3.89. The first-order valence-corrected chi connectivity index (χ1v) is 13.4. The van der Waals surface area contributed by atoms with Gasteiger partial charge < -0.3 is 15.1 Å². The third-order valence-electron chi connectivity index (χ3n) is 6.75. The highest BCUT2D eigenvalue weighted by Gasteiger charge is 2.30. The van der Waals surface area contributed by atoms with Crippen LogP contribution in [0.4, 0.5) is 11.4 Å². The fourth-order valence-electron chi connectivity index (χ4n) is 4.47. The maximum Gasteiger partial charge on any atom is 0.236 e. The van der Waals surface area contributed by atoms with Gasteiger partial charge in [0.2, 0.25) is 15.9 Å². The number of carbonyl (C=O) groups is 1. The fraction of sp³-hybridized carbons (Fsp3) is 0.423. The summed E-state index contributed by atoms with van der Waals surface area (Å²) in [6.45, 7) is 6.82. The normalized spacial score (nSPS) is 18.9. The molecule has 4 rings (SSSR count). The molecule has 0 atom stereocenters. The van der Waals surface area contributed by atoms with Crippen LogP contribution in [0.3, 0.4) is 0 Å². The molecule has 2 aliphatic rings. The Morgan fingerprint density at radius 2 is 1.65 bits per heavy atom. The molecule has 0 radical (unpaired) electrons. The lowest BCUT2D eigenvalue weighted by atomic mass is 9.97. The van der Waals surface area contributed by atoms with Crippen LogP contribution in [-0.4, -0.2) is 69.8 Å². The van der Waals surface area contributed by atoms with Gasteiger partial charge in [-0.05, 0) is 62.2 Å². The Labute approximate surface area is 203 Å². The summed E-state index contributed by atoms with van der Waals surface area (Å²) in [6.07, 6.45) is 2.65. The molecule has 8 heteroatoms. The highest BCUT2D eigenvalue weighted by Crippen LogP contribution is 2.26. The molecule has 2 fully saturated rings. The van der Waals surface area contributed by atoms with Gasteiger partial charge in [0.15, 0.2) is 0 Å². The maximum absolute atomic E-state index is 12.9. The third-order valence-corrected chi connectivity index (χ3v) is 8.32. The van der Waals surface area contributed by atoms with E-state index in [1.165, 1.54) is 15.4 Å². The smallest absolute Gasteiger partial charge is 0.236 e. The van der Waals surface area contributed by atoms with Crippen molar-refractivity contribution >= 4 is 33.4 Å². The van der Waals surface area contributed by atoms with E-state index in [2.05, 4.69) is 34.3 Å². The predicted octanol–water partition coefficient (Wildman–Crippen LogP) is 3.40. The first kappa shape index (κ1) is 24.4. The van der Waals surface area contributed by atoms with Crippen molar-refractivity contribution in [2.45, 2.75) is 19.8 Å². The SMILES string of the molecule is Cc1cc(N2CCN(C)CC2)ccc1NC(=O)C1CCN(S(=O)(=O)/C=C/c2ccccc2)CC1. The molecule has 0 spiro atoms. The van der Waals surface area contributed by atoms with Gasteiger partial charge in [-0.2, -0.15) is 4.31 Å². The molecule has 2 aromatic rings. The summed E-state index contributed by atoms with van der Waals surface area (Å²) >= 11 is 0. The van der Waals surface area contributed by atoms with Gasteiger partial charge in [0.25, 0.3) is 0 Å². The zero-order valence-corrected chi connectivity index (χ0v) is 20.8. The van der Waals surface area contributed by atoms with Crippen molar-refractivity contribution in [1.29, 1.82) is 0 Å². The molecule has 1 amide bonds. The molecule has 7 nitrogen and oxygen atoms in total. The Hall–Kier alpha value is -2.68. The zero-order chi connectivity index (χ0) is 24.1. The van der Waals surface area contributed by atoms with Crippen molar-refractivity contribution in [2.24, 2.45) is 5.92 Å². The highest BCUT2D eigenvalue weighted by atomic mass is 32.2. The number of piperazine rings is 1. The summed E-state index contributed by atoms with van der Waals surface area (Å²) in [5.74, 6) is -0.228. The number of hydrogen-bond donors (Lipinski definition) is 1. The molecule has 34 heavy (non-hydrogen) atoms. The van der Waals surface area contributed by atoms with Crippen molar-refractivity contribution in [1.82, 2.24) is 9.21 Å². The van der Waals surface area contributed by atoms with Crippen molar-refractivity contribution in [3.8, 4) is 0 Å². The van der Waals surface area contributed by atoms with Crippen LogP contribution in [0, 0.1) is 12.8 Å². The van der Waals surface area contributed by atoms with E-state index in [1.54, 1.807) is 6.08 Å². The van der Waals surface area contributed by atoms with E-state index in [0.29, 0.717) is 25.9 Å². The number of likely N-dealkylation sites (N-methyl/N-ethyl adjacent to an activating group) is 1. The molecule has 2 aliphatic heterocycles. The summed E-state index contributed by atoms with van der Waals surface area (Å²) in [6, 6.07) is 15.6. The Morgan fingerprint density at radius 1 is 0.971 bits per heavy atom. The van der Waals surface area contributed by atoms with Crippen LogP contribution in [0.2, 0.25) is 0 Å². The highest BCUT2D eigenvalue weighted by molar-refractivity contribution is 7.92. The van der Waals surface area contributed by atoms with Gasteiger partial charge in [-0.15, -0.1) is 0 Å². The maximum atomic E-state index is 12.9. The van der Waals surface area contributed by atoms with E-state index in [-0.39, 0.29) is 11.8 Å². The van der Waals surface area contributed by atoms with E-state index in [9.17, 15) is 13.2 Å².